The van der Waals surface area contributed by atoms with Crippen LogP contribution in [0.4, 0.5) is 10.1 Å². The summed E-state index contributed by atoms with van der Waals surface area (Å²) in [6, 6.07) is 25.0. The van der Waals surface area contributed by atoms with Crippen LogP contribution in [-0.2, 0) is 6.54 Å². The first-order chi connectivity index (χ1) is 24.7. The van der Waals surface area contributed by atoms with Crippen molar-refractivity contribution in [3.8, 4) is 17.2 Å². The highest BCUT2D eigenvalue weighted by molar-refractivity contribution is 5.92. The van der Waals surface area contributed by atoms with Gasteiger partial charge in [-0.05, 0) is 65.8 Å². The monoisotopic (exact) mass is 689 g/mol. The number of anilines is 1. The van der Waals surface area contributed by atoms with Crippen LogP contribution in [0.5, 0.6) is 17.2 Å². The van der Waals surface area contributed by atoms with Crippen LogP contribution in [0.15, 0.2) is 85.2 Å². The Morgan fingerprint density at radius 3 is 2.57 bits per heavy atom. The molecule has 5 aromatic rings. The summed E-state index contributed by atoms with van der Waals surface area (Å²) in [5.41, 5.74) is 5.80. The van der Waals surface area contributed by atoms with Crippen molar-refractivity contribution in [2.24, 2.45) is 5.41 Å². The van der Waals surface area contributed by atoms with Gasteiger partial charge in [0.2, 0.25) is 0 Å². The van der Waals surface area contributed by atoms with Gasteiger partial charge in [-0.15, -0.1) is 0 Å². The van der Waals surface area contributed by atoms with E-state index >= 15 is 0 Å². The number of nitrogens with zero attached hydrogens (tertiary/aromatic N) is 4. The number of benzene rings is 3. The lowest BCUT2D eigenvalue weighted by Gasteiger charge is -2.63. The maximum absolute atomic E-state index is 14.2. The lowest BCUT2D eigenvalue weighted by atomic mass is 9.59. The smallest absolute Gasteiger partial charge is 0.339 e. The third kappa shape index (κ3) is 6.43. The van der Waals surface area contributed by atoms with Crippen molar-refractivity contribution in [1.82, 2.24) is 19.8 Å². The van der Waals surface area contributed by atoms with Crippen LogP contribution >= 0.6 is 0 Å². The predicted octanol–water partition coefficient (Wildman–Crippen LogP) is 7.85. The van der Waals surface area contributed by atoms with Crippen molar-refractivity contribution in [1.29, 1.82) is 0 Å². The highest BCUT2D eigenvalue weighted by Crippen LogP contribution is 2.53. The number of rotatable bonds is 10. The van der Waals surface area contributed by atoms with E-state index in [1.54, 1.807) is 19.2 Å². The molecule has 3 aliphatic rings. The van der Waals surface area contributed by atoms with Crippen LogP contribution in [0, 0.1) is 11.2 Å². The molecule has 264 valence electrons. The van der Waals surface area contributed by atoms with Gasteiger partial charge in [0.1, 0.15) is 34.3 Å². The second-order valence-electron chi connectivity index (χ2n) is 14.8. The number of aromatic amines is 1. The number of carboxylic acids is 1. The molecule has 0 radical (unpaired) electrons. The van der Waals surface area contributed by atoms with Crippen molar-refractivity contribution >= 4 is 22.7 Å². The average molecular weight is 690 g/mol. The third-order valence-electron chi connectivity index (χ3n) is 11.2. The van der Waals surface area contributed by atoms with E-state index < -0.39 is 11.8 Å². The summed E-state index contributed by atoms with van der Waals surface area (Å²) in [6.07, 6.45) is 5.00. The molecule has 9 nitrogen and oxygen atoms in total. The molecule has 1 spiro atoms. The summed E-state index contributed by atoms with van der Waals surface area (Å²) >= 11 is 0. The van der Waals surface area contributed by atoms with Crippen LogP contribution in [0.3, 0.4) is 0 Å². The lowest BCUT2D eigenvalue weighted by molar-refractivity contribution is -0.0647. The quantitative estimate of drug-likeness (QED) is 0.153. The van der Waals surface area contributed by atoms with Crippen LogP contribution < -0.4 is 14.4 Å². The zero-order chi connectivity index (χ0) is 35.3. The molecule has 0 amide bonds. The Hall–Kier alpha value is -4.93. The second kappa shape index (κ2) is 13.3. The number of methoxy groups -OCH3 is 1. The van der Waals surface area contributed by atoms with E-state index in [0.29, 0.717) is 29.0 Å². The molecule has 4 heterocycles. The third-order valence-corrected chi connectivity index (χ3v) is 11.2. The molecule has 2 saturated heterocycles. The number of carboxylic acid groups (broad SMARTS) is 1. The van der Waals surface area contributed by atoms with Gasteiger partial charge in [-0.3, -0.25) is 9.80 Å². The molecule has 51 heavy (non-hydrogen) atoms. The summed E-state index contributed by atoms with van der Waals surface area (Å²) in [5.74, 6) is 0.295. The standard InChI is InChI=1S/C41H44FN5O4/c1-26(2)32-6-4-5-7-33(32)37-23-45(22-27-8-11-30(50-3)12-9-27)14-15-47(37)29-18-41(19-29)24-46(25-41)28-10-13-34(40(48)49)38(16-28)51-31-17-35-36(42)21-44-39(35)43-20-31/h4-13,16-17,20-21,26,29,37H,14-15,18-19,22-25H2,1-3H3,(H,43,44)(H,48,49). The molecule has 1 aliphatic carbocycles. The number of H-pyrrole nitrogens is 1. The first-order valence-corrected chi connectivity index (χ1v) is 17.8. The number of ether oxygens (including phenoxy) is 2. The minimum atomic E-state index is -1.09. The summed E-state index contributed by atoms with van der Waals surface area (Å²) in [5, 5.41) is 10.2. The summed E-state index contributed by atoms with van der Waals surface area (Å²) in [6.45, 7) is 10.4. The van der Waals surface area contributed by atoms with Gasteiger partial charge in [-0.25, -0.2) is 14.2 Å². The molecule has 2 N–H and O–H groups in total. The van der Waals surface area contributed by atoms with E-state index in [9.17, 15) is 14.3 Å². The fourth-order valence-corrected chi connectivity index (χ4v) is 8.52. The first-order valence-electron chi connectivity index (χ1n) is 17.8. The zero-order valence-corrected chi connectivity index (χ0v) is 29.3. The number of hydrogen-bond acceptors (Lipinski definition) is 7. The number of aromatic nitrogens is 2. The Kier molecular flexibility index (Phi) is 8.68. The minimum absolute atomic E-state index is 0.0474. The van der Waals surface area contributed by atoms with Crippen molar-refractivity contribution in [3.63, 3.8) is 0 Å². The Bertz CT molecular complexity index is 2050. The lowest BCUT2D eigenvalue weighted by Crippen LogP contribution is -2.68. The fraction of sp³-hybridized carbons (Fsp3) is 0.366. The van der Waals surface area contributed by atoms with Gasteiger partial charge in [0, 0.05) is 74.7 Å². The van der Waals surface area contributed by atoms with Crippen LogP contribution in [0.2, 0.25) is 0 Å². The fourth-order valence-electron chi connectivity index (χ4n) is 8.52. The highest BCUT2D eigenvalue weighted by atomic mass is 19.1. The van der Waals surface area contributed by atoms with E-state index in [-0.39, 0.29) is 22.5 Å². The Morgan fingerprint density at radius 1 is 1.04 bits per heavy atom. The Morgan fingerprint density at radius 2 is 1.82 bits per heavy atom. The number of fused-ring (bicyclic) bond motifs is 1. The second-order valence-corrected chi connectivity index (χ2v) is 14.8. The molecule has 1 atom stereocenters. The van der Waals surface area contributed by atoms with Gasteiger partial charge in [0.05, 0.1) is 18.7 Å². The topological polar surface area (TPSA) is 94.2 Å². The first kappa shape index (κ1) is 33.2. The number of pyridine rings is 1. The largest absolute Gasteiger partial charge is 0.497 e. The molecule has 1 unspecified atom stereocenters. The minimum Gasteiger partial charge on any atom is -0.497 e. The molecule has 10 heteroatoms. The average Bonchev–Trinajstić information content (AvgIpc) is 3.47. The molecule has 0 bridgehead atoms. The Balaban J connectivity index is 0.961. The van der Waals surface area contributed by atoms with Crippen molar-refractivity contribution in [2.75, 3.05) is 44.7 Å². The van der Waals surface area contributed by atoms with E-state index in [0.717, 1.165) is 63.5 Å². The van der Waals surface area contributed by atoms with E-state index in [1.807, 2.05) is 18.2 Å². The van der Waals surface area contributed by atoms with Gasteiger partial charge in [-0.2, -0.15) is 0 Å². The number of aromatic carboxylic acids is 1. The molecule has 3 fully saturated rings. The van der Waals surface area contributed by atoms with Crippen LogP contribution in [0.25, 0.3) is 11.0 Å². The molecular weight excluding hydrogens is 645 g/mol. The molecule has 3 aromatic carbocycles. The Labute approximate surface area is 297 Å². The summed E-state index contributed by atoms with van der Waals surface area (Å²) in [7, 11) is 1.70. The number of hydrogen-bond donors (Lipinski definition) is 2. The van der Waals surface area contributed by atoms with Gasteiger partial charge < -0.3 is 24.5 Å². The van der Waals surface area contributed by atoms with Crippen molar-refractivity contribution in [2.45, 2.75) is 51.2 Å². The van der Waals surface area contributed by atoms with Gasteiger partial charge in [0.15, 0.2) is 0 Å². The molecule has 8 rings (SSSR count). The number of halogens is 1. The number of carbonyl (C=O) groups is 1. The van der Waals surface area contributed by atoms with Gasteiger partial charge >= 0.3 is 5.97 Å². The highest BCUT2D eigenvalue weighted by Gasteiger charge is 2.55. The maximum atomic E-state index is 14.2. The molecular formula is C41H44FN5O4. The van der Waals surface area contributed by atoms with Crippen LogP contribution in [0.1, 0.15) is 65.7 Å². The van der Waals surface area contributed by atoms with Crippen molar-refractivity contribution in [3.05, 3.63) is 113 Å². The normalized spacial score (nSPS) is 19.3. The zero-order valence-electron chi connectivity index (χ0n) is 29.3. The summed E-state index contributed by atoms with van der Waals surface area (Å²) in [4.78, 5) is 26.8. The molecule has 1 saturated carbocycles. The van der Waals surface area contributed by atoms with E-state index in [1.165, 1.54) is 35.2 Å². The van der Waals surface area contributed by atoms with E-state index in [2.05, 4.69) is 74.9 Å². The predicted molar refractivity (Wildman–Crippen MR) is 195 cm³/mol. The molecule has 2 aromatic heterocycles. The van der Waals surface area contributed by atoms with Crippen molar-refractivity contribution < 1.29 is 23.8 Å². The van der Waals surface area contributed by atoms with Gasteiger partial charge in [0.25, 0.3) is 0 Å². The number of piperazine rings is 1. The molecule has 2 aliphatic heterocycles. The maximum Gasteiger partial charge on any atom is 0.339 e. The summed E-state index contributed by atoms with van der Waals surface area (Å²) < 4.78 is 25.6. The SMILES string of the molecule is COc1ccc(CN2CCN(C3CC4(C3)CN(c3ccc(C(=O)O)c(Oc5cnc6[nH]cc(F)c6c5)c3)C4)C(c3ccccc3C(C)C)C2)cc1. The van der Waals surface area contributed by atoms with Gasteiger partial charge in [-0.1, -0.05) is 50.2 Å². The van der Waals surface area contributed by atoms with Crippen LogP contribution in [-0.4, -0.2) is 76.7 Å². The van der Waals surface area contributed by atoms with E-state index in [4.69, 9.17) is 9.47 Å². The number of nitrogens with one attached hydrogen (secondary N) is 1.